The summed E-state index contributed by atoms with van der Waals surface area (Å²) in [6.45, 7) is 8.08. The fourth-order valence-corrected chi connectivity index (χ4v) is 3.57. The number of nitrogens with zero attached hydrogens (tertiary/aromatic N) is 4. The predicted molar refractivity (Wildman–Crippen MR) is 108 cm³/mol. The zero-order chi connectivity index (χ0) is 19.4. The highest BCUT2D eigenvalue weighted by atomic mass is 32.2. The van der Waals surface area contributed by atoms with Gasteiger partial charge >= 0.3 is 0 Å². The zero-order valence-corrected chi connectivity index (χ0v) is 16.7. The molecular formula is C20H23N5OS. The number of hydrogen-bond acceptors (Lipinski definition) is 5. The first-order chi connectivity index (χ1) is 13.0. The molecule has 6 nitrogen and oxygen atoms in total. The van der Waals surface area contributed by atoms with Crippen LogP contribution in [0, 0.1) is 6.92 Å². The van der Waals surface area contributed by atoms with Crippen LogP contribution in [0.2, 0.25) is 0 Å². The number of carbonyl (C=O) groups excluding carboxylic acids is 1. The van der Waals surface area contributed by atoms with Crippen molar-refractivity contribution in [3.63, 3.8) is 0 Å². The maximum absolute atomic E-state index is 12.7. The molecule has 1 aromatic heterocycles. The van der Waals surface area contributed by atoms with Gasteiger partial charge in [-0.05, 0) is 53.5 Å². The number of aromatic nitrogens is 4. The molecule has 1 heterocycles. The lowest BCUT2D eigenvalue weighted by atomic mass is 10.0. The smallest absolute Gasteiger partial charge is 0.237 e. The van der Waals surface area contributed by atoms with E-state index in [1.165, 1.54) is 11.8 Å². The molecule has 0 bridgehead atoms. The molecule has 0 aliphatic heterocycles. The third-order valence-corrected chi connectivity index (χ3v) is 5.31. The van der Waals surface area contributed by atoms with Crippen LogP contribution in [0.3, 0.4) is 0 Å². The Morgan fingerprint density at radius 3 is 2.52 bits per heavy atom. The van der Waals surface area contributed by atoms with Crippen molar-refractivity contribution >= 4 is 23.4 Å². The summed E-state index contributed by atoms with van der Waals surface area (Å²) < 4.78 is 1.67. The van der Waals surface area contributed by atoms with Crippen molar-refractivity contribution in [1.29, 1.82) is 0 Å². The molecule has 0 unspecified atom stereocenters. The van der Waals surface area contributed by atoms with Crippen LogP contribution in [0.15, 0.2) is 53.7 Å². The summed E-state index contributed by atoms with van der Waals surface area (Å²) in [6.07, 6.45) is 0. The van der Waals surface area contributed by atoms with Crippen LogP contribution in [-0.2, 0) is 4.79 Å². The summed E-state index contributed by atoms with van der Waals surface area (Å²) in [5.74, 6) is 0.255. The molecule has 0 aliphatic rings. The predicted octanol–water partition coefficient (Wildman–Crippen LogP) is 4.21. The van der Waals surface area contributed by atoms with E-state index in [9.17, 15) is 4.79 Å². The number of rotatable bonds is 6. The van der Waals surface area contributed by atoms with Gasteiger partial charge in [0.05, 0.1) is 10.9 Å². The Hall–Kier alpha value is -2.67. The summed E-state index contributed by atoms with van der Waals surface area (Å²) in [6, 6.07) is 15.8. The van der Waals surface area contributed by atoms with Crippen LogP contribution in [0.25, 0.3) is 5.69 Å². The highest BCUT2D eigenvalue weighted by Crippen LogP contribution is 2.27. The number of hydrogen-bond donors (Lipinski definition) is 1. The Labute approximate surface area is 163 Å². The molecule has 0 aliphatic carbocycles. The van der Waals surface area contributed by atoms with Crippen molar-refractivity contribution in [3.8, 4) is 5.69 Å². The van der Waals surface area contributed by atoms with E-state index in [1.54, 1.807) is 4.68 Å². The van der Waals surface area contributed by atoms with Crippen molar-refractivity contribution in [2.75, 3.05) is 5.32 Å². The van der Waals surface area contributed by atoms with E-state index >= 15 is 0 Å². The van der Waals surface area contributed by atoms with E-state index < -0.39 is 0 Å². The third-order valence-electron chi connectivity index (χ3n) is 4.28. The molecule has 7 heteroatoms. The molecule has 1 N–H and O–H groups in total. The first kappa shape index (κ1) is 19.1. The molecule has 1 atom stereocenters. The van der Waals surface area contributed by atoms with E-state index in [1.807, 2.05) is 62.4 Å². The van der Waals surface area contributed by atoms with Crippen molar-refractivity contribution in [3.05, 3.63) is 59.7 Å². The number of para-hydroxylation sites is 2. The molecule has 0 saturated carbocycles. The summed E-state index contributed by atoms with van der Waals surface area (Å²) in [5.41, 5.74) is 3.94. The number of amides is 1. The summed E-state index contributed by atoms with van der Waals surface area (Å²) in [4.78, 5) is 12.7. The van der Waals surface area contributed by atoms with E-state index in [-0.39, 0.29) is 11.2 Å². The molecule has 0 saturated heterocycles. The van der Waals surface area contributed by atoms with Gasteiger partial charge in [-0.3, -0.25) is 4.79 Å². The fourth-order valence-electron chi connectivity index (χ4n) is 2.76. The van der Waals surface area contributed by atoms with E-state index in [0.717, 1.165) is 22.5 Å². The topological polar surface area (TPSA) is 72.7 Å². The summed E-state index contributed by atoms with van der Waals surface area (Å²) >= 11 is 1.34. The van der Waals surface area contributed by atoms with Crippen molar-refractivity contribution in [2.24, 2.45) is 0 Å². The maximum atomic E-state index is 12.7. The van der Waals surface area contributed by atoms with Crippen molar-refractivity contribution in [2.45, 2.75) is 44.0 Å². The number of aryl methyl sites for hydroxylation is 1. The van der Waals surface area contributed by atoms with Crippen LogP contribution in [0.5, 0.6) is 0 Å². The Kier molecular flexibility index (Phi) is 5.91. The van der Waals surface area contributed by atoms with Crippen LogP contribution in [0.1, 0.15) is 37.8 Å². The molecule has 0 radical (unpaired) electrons. The third kappa shape index (κ3) is 4.36. The lowest BCUT2D eigenvalue weighted by molar-refractivity contribution is -0.115. The van der Waals surface area contributed by atoms with Gasteiger partial charge in [-0.1, -0.05) is 62.0 Å². The molecule has 0 spiro atoms. The van der Waals surface area contributed by atoms with Crippen LogP contribution in [-0.4, -0.2) is 31.4 Å². The van der Waals surface area contributed by atoms with Gasteiger partial charge in [-0.15, -0.1) is 5.10 Å². The Morgan fingerprint density at radius 1 is 1.07 bits per heavy atom. The normalized spacial score (nSPS) is 12.2. The second kappa shape index (κ2) is 8.35. The highest BCUT2D eigenvalue weighted by Gasteiger charge is 2.21. The second-order valence-corrected chi connectivity index (χ2v) is 7.96. The van der Waals surface area contributed by atoms with Gasteiger partial charge in [0.1, 0.15) is 0 Å². The molecule has 3 rings (SSSR count). The van der Waals surface area contributed by atoms with Gasteiger partial charge in [0.2, 0.25) is 11.1 Å². The van der Waals surface area contributed by atoms with Crippen molar-refractivity contribution in [1.82, 2.24) is 20.2 Å². The number of thioether (sulfide) groups is 1. The van der Waals surface area contributed by atoms with Crippen LogP contribution < -0.4 is 5.32 Å². The van der Waals surface area contributed by atoms with Gasteiger partial charge in [0, 0.05) is 5.69 Å². The first-order valence-corrected chi connectivity index (χ1v) is 9.76. The molecule has 140 valence electrons. The fraction of sp³-hybridized carbons (Fsp3) is 0.300. The van der Waals surface area contributed by atoms with Crippen molar-refractivity contribution < 1.29 is 4.79 Å². The lowest BCUT2D eigenvalue weighted by Crippen LogP contribution is -2.23. The molecule has 1 amide bonds. The average Bonchev–Trinajstić information content (AvgIpc) is 3.10. The van der Waals surface area contributed by atoms with Gasteiger partial charge < -0.3 is 5.32 Å². The average molecular weight is 382 g/mol. The number of anilines is 1. The Balaban J connectivity index is 1.75. The monoisotopic (exact) mass is 381 g/mol. The van der Waals surface area contributed by atoms with Gasteiger partial charge in [0.15, 0.2) is 0 Å². The number of tetrazole rings is 1. The minimum atomic E-state index is -0.348. The Bertz CT molecular complexity index is 937. The van der Waals surface area contributed by atoms with E-state index in [2.05, 4.69) is 34.7 Å². The van der Waals surface area contributed by atoms with Crippen LogP contribution >= 0.6 is 11.8 Å². The van der Waals surface area contributed by atoms with Crippen LogP contribution in [0.4, 0.5) is 5.69 Å². The maximum Gasteiger partial charge on any atom is 0.237 e. The Morgan fingerprint density at radius 2 is 1.78 bits per heavy atom. The van der Waals surface area contributed by atoms with E-state index in [0.29, 0.717) is 11.1 Å². The quantitative estimate of drug-likeness (QED) is 0.648. The number of nitrogens with one attached hydrogen (secondary N) is 1. The van der Waals surface area contributed by atoms with Gasteiger partial charge in [-0.25, -0.2) is 0 Å². The van der Waals surface area contributed by atoms with E-state index in [4.69, 9.17) is 0 Å². The van der Waals surface area contributed by atoms with Gasteiger partial charge in [0.25, 0.3) is 0 Å². The summed E-state index contributed by atoms with van der Waals surface area (Å²) in [5, 5.41) is 15.2. The number of carbonyl (C=O) groups is 1. The standard InChI is InChI=1S/C20H23N5OS/c1-13(2)16-10-6-7-11-17(16)21-19(26)15(4)27-20-22-23-24-25(20)18-12-8-5-9-14(18)3/h5-13,15H,1-4H3,(H,21,26)/t15-/m0/s1. The minimum Gasteiger partial charge on any atom is -0.325 e. The minimum absolute atomic E-state index is 0.0765. The van der Waals surface area contributed by atoms with Gasteiger partial charge in [-0.2, -0.15) is 4.68 Å². The first-order valence-electron chi connectivity index (χ1n) is 8.88. The largest absolute Gasteiger partial charge is 0.325 e. The molecule has 0 fully saturated rings. The molecule has 27 heavy (non-hydrogen) atoms. The summed E-state index contributed by atoms with van der Waals surface area (Å²) in [7, 11) is 0. The molecular weight excluding hydrogens is 358 g/mol. The molecule has 2 aromatic carbocycles. The lowest BCUT2D eigenvalue weighted by Gasteiger charge is -2.16. The molecule has 3 aromatic rings. The zero-order valence-electron chi connectivity index (χ0n) is 15.9. The SMILES string of the molecule is Cc1ccccc1-n1nnnc1S[C@@H](C)C(=O)Nc1ccccc1C(C)C. The number of benzene rings is 2. The highest BCUT2D eigenvalue weighted by molar-refractivity contribution is 8.00. The second-order valence-electron chi connectivity index (χ2n) is 6.65.